The van der Waals surface area contributed by atoms with E-state index in [1.54, 1.807) is 0 Å². The van der Waals surface area contributed by atoms with Gasteiger partial charge in [0.25, 0.3) is 0 Å². The number of rotatable bonds is 1. The van der Waals surface area contributed by atoms with Crippen LogP contribution in [0, 0.1) is 0 Å². The first-order valence-electron chi connectivity index (χ1n) is 6.76. The van der Waals surface area contributed by atoms with E-state index in [-0.39, 0.29) is 23.9 Å². The fraction of sp³-hybridized carbons (Fsp3) is 0.467. The van der Waals surface area contributed by atoms with E-state index in [9.17, 15) is 9.59 Å². The number of benzene rings is 1. The first kappa shape index (κ1) is 13.6. The summed E-state index contributed by atoms with van der Waals surface area (Å²) in [6.45, 7) is 1.25. The number of hydrogen-bond acceptors (Lipinski definition) is 4. The molecular weight excluding hydrogens is 324 g/mol. The van der Waals surface area contributed by atoms with Gasteiger partial charge in [-0.3, -0.25) is 9.59 Å². The number of halogens is 1. The second kappa shape index (κ2) is 5.56. The van der Waals surface area contributed by atoms with Crippen molar-refractivity contribution in [2.75, 3.05) is 13.2 Å². The molecule has 0 saturated heterocycles. The van der Waals surface area contributed by atoms with E-state index < -0.39 is 0 Å². The van der Waals surface area contributed by atoms with Crippen molar-refractivity contribution < 1.29 is 19.1 Å². The predicted octanol–water partition coefficient (Wildman–Crippen LogP) is 3.02. The highest BCUT2D eigenvalue weighted by Gasteiger charge is 2.28. The van der Waals surface area contributed by atoms with Crippen molar-refractivity contribution >= 4 is 27.5 Å². The molecule has 1 saturated carbocycles. The average Bonchev–Trinajstić information content (AvgIpc) is 2.63. The molecule has 0 radical (unpaired) electrons. The summed E-state index contributed by atoms with van der Waals surface area (Å²) in [7, 11) is 0. The standard InChI is InChI=1S/C15H15BrO4/c16-13-6-10(9-4-11(17)8-12(18)5-9)7-14-15(13)20-3-1-2-19-14/h6-7,9H,1-5,8H2. The van der Waals surface area contributed by atoms with Crippen LogP contribution in [0.2, 0.25) is 0 Å². The van der Waals surface area contributed by atoms with E-state index >= 15 is 0 Å². The van der Waals surface area contributed by atoms with Gasteiger partial charge in [0.15, 0.2) is 11.5 Å². The molecule has 4 nitrogen and oxygen atoms in total. The Balaban J connectivity index is 1.94. The quantitative estimate of drug-likeness (QED) is 0.738. The number of ether oxygens (including phenoxy) is 2. The van der Waals surface area contributed by atoms with Gasteiger partial charge in [-0.2, -0.15) is 0 Å². The minimum absolute atomic E-state index is 0.0227. The number of hydrogen-bond donors (Lipinski definition) is 0. The topological polar surface area (TPSA) is 52.6 Å². The maximum atomic E-state index is 11.6. The van der Waals surface area contributed by atoms with Crippen LogP contribution in [0.4, 0.5) is 0 Å². The van der Waals surface area contributed by atoms with Gasteiger partial charge < -0.3 is 9.47 Å². The summed E-state index contributed by atoms with van der Waals surface area (Å²) in [5.74, 6) is 1.40. The smallest absolute Gasteiger partial charge is 0.175 e. The second-order valence-corrected chi connectivity index (χ2v) is 6.09. The third-order valence-electron chi connectivity index (χ3n) is 3.64. The molecule has 0 aromatic heterocycles. The van der Waals surface area contributed by atoms with Gasteiger partial charge in [-0.1, -0.05) is 0 Å². The van der Waals surface area contributed by atoms with E-state index in [4.69, 9.17) is 9.47 Å². The molecule has 0 amide bonds. The zero-order valence-electron chi connectivity index (χ0n) is 11.0. The molecule has 0 N–H and O–H groups in total. The molecular formula is C15H15BrO4. The van der Waals surface area contributed by atoms with Crippen LogP contribution in [0.25, 0.3) is 0 Å². The second-order valence-electron chi connectivity index (χ2n) is 5.24. The van der Waals surface area contributed by atoms with Gasteiger partial charge in [0.1, 0.15) is 11.6 Å². The highest BCUT2D eigenvalue weighted by molar-refractivity contribution is 9.10. The number of ketones is 2. The van der Waals surface area contributed by atoms with Crippen molar-refractivity contribution in [3.63, 3.8) is 0 Å². The molecule has 20 heavy (non-hydrogen) atoms. The monoisotopic (exact) mass is 338 g/mol. The number of carbonyl (C=O) groups is 2. The van der Waals surface area contributed by atoms with Gasteiger partial charge in [0.05, 0.1) is 24.1 Å². The van der Waals surface area contributed by atoms with Crippen molar-refractivity contribution in [1.29, 1.82) is 0 Å². The number of Topliss-reactive ketones (excluding diaryl/α,β-unsaturated/α-hetero) is 2. The summed E-state index contributed by atoms with van der Waals surface area (Å²) < 4.78 is 12.2. The fourth-order valence-electron chi connectivity index (χ4n) is 2.71. The Morgan fingerprint density at radius 2 is 1.75 bits per heavy atom. The Morgan fingerprint density at radius 1 is 1.05 bits per heavy atom. The van der Waals surface area contributed by atoms with E-state index in [1.807, 2.05) is 12.1 Å². The predicted molar refractivity (Wildman–Crippen MR) is 76.4 cm³/mol. The lowest BCUT2D eigenvalue weighted by Gasteiger charge is -2.22. The van der Waals surface area contributed by atoms with Crippen molar-refractivity contribution in [3.05, 3.63) is 22.2 Å². The SMILES string of the molecule is O=C1CC(=O)CC(c2cc(Br)c3c(c2)OCCCO3)C1. The molecule has 0 spiro atoms. The van der Waals surface area contributed by atoms with E-state index in [1.165, 1.54) is 0 Å². The van der Waals surface area contributed by atoms with E-state index in [2.05, 4.69) is 15.9 Å². The summed E-state index contributed by atoms with van der Waals surface area (Å²) >= 11 is 3.49. The Hall–Kier alpha value is -1.36. The van der Waals surface area contributed by atoms with Gasteiger partial charge in [-0.25, -0.2) is 0 Å². The average molecular weight is 339 g/mol. The van der Waals surface area contributed by atoms with Crippen LogP contribution < -0.4 is 9.47 Å². The normalized spacial score (nSPS) is 19.9. The van der Waals surface area contributed by atoms with E-state index in [0.717, 1.165) is 16.5 Å². The lowest BCUT2D eigenvalue weighted by molar-refractivity contribution is -0.130. The van der Waals surface area contributed by atoms with Crippen molar-refractivity contribution in [3.8, 4) is 11.5 Å². The fourth-order valence-corrected chi connectivity index (χ4v) is 3.28. The van der Waals surface area contributed by atoms with Gasteiger partial charge >= 0.3 is 0 Å². The Bertz CT molecular complexity index is 551. The molecule has 106 valence electrons. The molecule has 1 fully saturated rings. The molecule has 2 aliphatic rings. The largest absolute Gasteiger partial charge is 0.490 e. The molecule has 0 atom stereocenters. The molecule has 1 aromatic carbocycles. The lowest BCUT2D eigenvalue weighted by Crippen LogP contribution is -2.21. The van der Waals surface area contributed by atoms with Gasteiger partial charge in [-0.05, 0) is 39.5 Å². The minimum atomic E-state index is -0.0443. The highest BCUT2D eigenvalue weighted by Crippen LogP contribution is 2.41. The first-order chi connectivity index (χ1) is 9.63. The van der Waals surface area contributed by atoms with Gasteiger partial charge in [0.2, 0.25) is 0 Å². The summed E-state index contributed by atoms with van der Waals surface area (Å²) in [4.78, 5) is 23.2. The third-order valence-corrected chi connectivity index (χ3v) is 4.23. The summed E-state index contributed by atoms with van der Waals surface area (Å²) in [5.41, 5.74) is 0.961. The third kappa shape index (κ3) is 2.73. The van der Waals surface area contributed by atoms with E-state index in [0.29, 0.717) is 37.6 Å². The Morgan fingerprint density at radius 3 is 2.50 bits per heavy atom. The van der Waals surface area contributed by atoms with Crippen molar-refractivity contribution in [1.82, 2.24) is 0 Å². The van der Waals surface area contributed by atoms with Crippen LogP contribution in [0.1, 0.15) is 37.2 Å². The zero-order valence-corrected chi connectivity index (χ0v) is 12.6. The molecule has 5 heteroatoms. The molecule has 0 bridgehead atoms. The van der Waals surface area contributed by atoms with Gasteiger partial charge in [-0.15, -0.1) is 0 Å². The molecule has 1 aromatic rings. The summed E-state index contributed by atoms with van der Waals surface area (Å²) in [6.07, 6.45) is 1.79. The highest BCUT2D eigenvalue weighted by atomic mass is 79.9. The Kier molecular flexibility index (Phi) is 3.78. The first-order valence-corrected chi connectivity index (χ1v) is 7.55. The van der Waals surface area contributed by atoms with Crippen molar-refractivity contribution in [2.45, 2.75) is 31.6 Å². The summed E-state index contributed by atoms with van der Waals surface area (Å²) in [5, 5.41) is 0. The molecule has 1 heterocycles. The van der Waals surface area contributed by atoms with Crippen LogP contribution in [-0.2, 0) is 9.59 Å². The molecule has 1 aliphatic carbocycles. The van der Waals surface area contributed by atoms with Gasteiger partial charge in [0, 0.05) is 19.3 Å². The molecule has 1 aliphatic heterocycles. The van der Waals surface area contributed by atoms with Crippen LogP contribution in [-0.4, -0.2) is 24.8 Å². The number of carbonyl (C=O) groups excluding carboxylic acids is 2. The van der Waals surface area contributed by atoms with Crippen LogP contribution in [0.15, 0.2) is 16.6 Å². The molecule has 0 unspecified atom stereocenters. The lowest BCUT2D eigenvalue weighted by atomic mass is 9.82. The Labute approximate surface area is 125 Å². The maximum absolute atomic E-state index is 11.6. The maximum Gasteiger partial charge on any atom is 0.175 e. The van der Waals surface area contributed by atoms with Crippen LogP contribution >= 0.6 is 15.9 Å². The zero-order chi connectivity index (χ0) is 14.1. The van der Waals surface area contributed by atoms with Crippen LogP contribution in [0.5, 0.6) is 11.5 Å². The van der Waals surface area contributed by atoms with Crippen molar-refractivity contribution in [2.24, 2.45) is 0 Å². The molecule has 3 rings (SSSR count). The summed E-state index contributed by atoms with van der Waals surface area (Å²) in [6, 6.07) is 3.84. The number of fused-ring (bicyclic) bond motifs is 1. The van der Waals surface area contributed by atoms with Crippen LogP contribution in [0.3, 0.4) is 0 Å². The minimum Gasteiger partial charge on any atom is -0.490 e.